The number of hydrogen-bond acceptors (Lipinski definition) is 2. The lowest BCUT2D eigenvalue weighted by Crippen LogP contribution is -2.05. The number of rotatable bonds is 3. The molecule has 1 atom stereocenters. The minimum atomic E-state index is -0.297. The van der Waals surface area contributed by atoms with Gasteiger partial charge >= 0.3 is 5.97 Å². The van der Waals surface area contributed by atoms with Crippen molar-refractivity contribution in [3.8, 4) is 0 Å². The van der Waals surface area contributed by atoms with Gasteiger partial charge in [-0.25, -0.2) is 4.79 Å². The zero-order chi connectivity index (χ0) is 13.3. The predicted molar refractivity (Wildman–Crippen MR) is 76.0 cm³/mol. The number of esters is 1. The van der Waals surface area contributed by atoms with Gasteiger partial charge in [-0.05, 0) is 47.5 Å². The number of benzene rings is 1. The van der Waals surface area contributed by atoms with Gasteiger partial charge in [0.2, 0.25) is 0 Å². The highest BCUT2D eigenvalue weighted by atomic mass is 79.9. The van der Waals surface area contributed by atoms with Crippen molar-refractivity contribution in [1.29, 1.82) is 0 Å². The van der Waals surface area contributed by atoms with Gasteiger partial charge in [0.05, 0.1) is 22.8 Å². The summed E-state index contributed by atoms with van der Waals surface area (Å²) in [7, 11) is 1.40. The van der Waals surface area contributed by atoms with Crippen LogP contribution in [-0.4, -0.2) is 17.6 Å². The largest absolute Gasteiger partial charge is 0.465 e. The van der Waals surface area contributed by atoms with Crippen molar-refractivity contribution in [2.45, 2.75) is 26.3 Å². The molecule has 0 spiro atoms. The summed E-state index contributed by atoms with van der Waals surface area (Å²) < 4.78 is 8.00. The molecule has 0 aliphatic carbocycles. The molecule has 4 heteroatoms. The molecular formula is C14H16BrNO2. The van der Waals surface area contributed by atoms with Crippen LogP contribution in [0.1, 0.15) is 36.7 Å². The molecule has 1 aromatic carbocycles. The van der Waals surface area contributed by atoms with Crippen molar-refractivity contribution in [3.63, 3.8) is 0 Å². The van der Waals surface area contributed by atoms with E-state index in [1.54, 1.807) is 6.07 Å². The summed E-state index contributed by atoms with van der Waals surface area (Å²) >= 11 is 3.57. The molecule has 0 saturated heterocycles. The number of carbonyl (C=O) groups is 1. The van der Waals surface area contributed by atoms with Crippen LogP contribution >= 0.6 is 15.9 Å². The van der Waals surface area contributed by atoms with Gasteiger partial charge in [0.15, 0.2) is 0 Å². The van der Waals surface area contributed by atoms with Crippen LogP contribution in [0.15, 0.2) is 28.9 Å². The van der Waals surface area contributed by atoms with E-state index in [1.165, 1.54) is 7.11 Å². The Labute approximate surface area is 115 Å². The summed E-state index contributed by atoms with van der Waals surface area (Å²) in [6.45, 7) is 4.31. The fraction of sp³-hybridized carbons (Fsp3) is 0.357. The third kappa shape index (κ3) is 2.05. The van der Waals surface area contributed by atoms with E-state index in [9.17, 15) is 4.79 Å². The van der Waals surface area contributed by atoms with Crippen LogP contribution < -0.4 is 0 Å². The maximum absolute atomic E-state index is 11.7. The first kappa shape index (κ1) is 13.1. The maximum Gasteiger partial charge on any atom is 0.338 e. The molecule has 0 aliphatic rings. The summed E-state index contributed by atoms with van der Waals surface area (Å²) in [4.78, 5) is 11.7. The topological polar surface area (TPSA) is 31.2 Å². The Balaban J connectivity index is 2.70. The number of carbonyl (C=O) groups excluding carboxylic acids is 1. The van der Waals surface area contributed by atoms with Crippen molar-refractivity contribution >= 4 is 32.8 Å². The molecule has 0 amide bonds. The summed E-state index contributed by atoms with van der Waals surface area (Å²) in [6.07, 6.45) is 1.03. The molecule has 0 aliphatic heterocycles. The zero-order valence-electron chi connectivity index (χ0n) is 10.7. The van der Waals surface area contributed by atoms with Gasteiger partial charge in [-0.3, -0.25) is 0 Å². The van der Waals surface area contributed by atoms with Gasteiger partial charge < -0.3 is 9.30 Å². The van der Waals surface area contributed by atoms with Gasteiger partial charge in [0.25, 0.3) is 0 Å². The molecule has 18 heavy (non-hydrogen) atoms. The smallest absolute Gasteiger partial charge is 0.338 e. The molecule has 1 aromatic heterocycles. The Hall–Kier alpha value is -1.29. The molecule has 2 aromatic rings. The standard InChI is InChI=1S/C14H16BrNO2/c1-4-9(2)16-12-7-5-6-10(14(17)18-3)11(12)8-13(16)15/h5-9H,4H2,1-3H3. The molecule has 2 rings (SSSR count). The molecule has 3 nitrogen and oxygen atoms in total. The molecule has 0 N–H and O–H groups in total. The average Bonchev–Trinajstić information content (AvgIpc) is 2.72. The van der Waals surface area contributed by atoms with E-state index < -0.39 is 0 Å². The number of nitrogens with zero attached hydrogens (tertiary/aromatic N) is 1. The number of hydrogen-bond donors (Lipinski definition) is 0. The second-order valence-corrected chi connectivity index (χ2v) is 5.14. The molecule has 1 heterocycles. The maximum atomic E-state index is 11.7. The summed E-state index contributed by atoms with van der Waals surface area (Å²) in [5.41, 5.74) is 1.66. The Bertz CT molecular complexity index is 589. The number of halogens is 1. The highest BCUT2D eigenvalue weighted by Crippen LogP contribution is 2.31. The molecule has 0 bridgehead atoms. The van der Waals surface area contributed by atoms with E-state index in [0.717, 1.165) is 21.9 Å². The Morgan fingerprint density at radius 2 is 2.22 bits per heavy atom. The summed E-state index contributed by atoms with van der Waals surface area (Å²) in [5, 5.41) is 0.927. The van der Waals surface area contributed by atoms with Crippen LogP contribution in [-0.2, 0) is 4.74 Å². The number of fused-ring (bicyclic) bond motifs is 1. The monoisotopic (exact) mass is 309 g/mol. The average molecular weight is 310 g/mol. The second-order valence-electron chi connectivity index (χ2n) is 4.32. The lowest BCUT2D eigenvalue weighted by atomic mass is 10.1. The van der Waals surface area contributed by atoms with Gasteiger partial charge in [0.1, 0.15) is 0 Å². The Kier molecular flexibility index (Phi) is 3.76. The third-order valence-corrected chi connectivity index (χ3v) is 3.88. The molecule has 0 saturated carbocycles. The SMILES string of the molecule is CCC(C)n1c(Br)cc2c(C(=O)OC)cccc21. The van der Waals surface area contributed by atoms with Crippen LogP contribution in [0.5, 0.6) is 0 Å². The summed E-state index contributed by atoms with van der Waals surface area (Å²) in [5.74, 6) is -0.297. The lowest BCUT2D eigenvalue weighted by Gasteiger charge is -2.14. The van der Waals surface area contributed by atoms with E-state index in [2.05, 4.69) is 34.3 Å². The Morgan fingerprint density at radius 1 is 1.50 bits per heavy atom. The molecule has 1 unspecified atom stereocenters. The van der Waals surface area contributed by atoms with Crippen molar-refractivity contribution in [1.82, 2.24) is 4.57 Å². The van der Waals surface area contributed by atoms with Crippen molar-refractivity contribution in [2.24, 2.45) is 0 Å². The van der Waals surface area contributed by atoms with Crippen molar-refractivity contribution in [3.05, 3.63) is 34.4 Å². The van der Waals surface area contributed by atoms with Crippen LogP contribution in [0.25, 0.3) is 10.9 Å². The normalized spacial score (nSPS) is 12.7. The van der Waals surface area contributed by atoms with Crippen LogP contribution in [0, 0.1) is 0 Å². The van der Waals surface area contributed by atoms with E-state index in [0.29, 0.717) is 11.6 Å². The first-order chi connectivity index (χ1) is 8.60. The van der Waals surface area contributed by atoms with Crippen molar-refractivity contribution in [2.75, 3.05) is 7.11 Å². The van der Waals surface area contributed by atoms with Crippen LogP contribution in [0.2, 0.25) is 0 Å². The van der Waals surface area contributed by atoms with Gasteiger partial charge in [-0.15, -0.1) is 0 Å². The van der Waals surface area contributed by atoms with Gasteiger partial charge in [0, 0.05) is 11.4 Å². The number of methoxy groups -OCH3 is 1. The fourth-order valence-electron chi connectivity index (χ4n) is 2.14. The third-order valence-electron chi connectivity index (χ3n) is 3.27. The molecule has 0 fully saturated rings. The van der Waals surface area contributed by atoms with E-state index in [1.807, 2.05) is 18.2 Å². The molecule has 0 radical (unpaired) electrons. The predicted octanol–water partition coefficient (Wildman–Crippen LogP) is 4.16. The zero-order valence-corrected chi connectivity index (χ0v) is 12.3. The molecular weight excluding hydrogens is 294 g/mol. The Morgan fingerprint density at radius 3 is 2.83 bits per heavy atom. The second kappa shape index (κ2) is 5.14. The molecule has 96 valence electrons. The first-order valence-electron chi connectivity index (χ1n) is 5.97. The highest BCUT2D eigenvalue weighted by Gasteiger charge is 2.17. The lowest BCUT2D eigenvalue weighted by molar-refractivity contribution is 0.0603. The van der Waals surface area contributed by atoms with Gasteiger partial charge in [-0.2, -0.15) is 0 Å². The quantitative estimate of drug-likeness (QED) is 0.797. The van der Waals surface area contributed by atoms with E-state index in [4.69, 9.17) is 4.74 Å². The highest BCUT2D eigenvalue weighted by molar-refractivity contribution is 9.10. The minimum absolute atomic E-state index is 0.297. The number of aromatic nitrogens is 1. The summed E-state index contributed by atoms with van der Waals surface area (Å²) in [6, 6.07) is 8.07. The van der Waals surface area contributed by atoms with E-state index in [-0.39, 0.29) is 5.97 Å². The fourth-order valence-corrected chi connectivity index (χ4v) is 2.91. The van der Waals surface area contributed by atoms with Crippen LogP contribution in [0.4, 0.5) is 0 Å². The van der Waals surface area contributed by atoms with Gasteiger partial charge in [-0.1, -0.05) is 13.0 Å². The number of ether oxygens (including phenoxy) is 1. The minimum Gasteiger partial charge on any atom is -0.465 e. The van der Waals surface area contributed by atoms with E-state index >= 15 is 0 Å². The van der Waals surface area contributed by atoms with Crippen LogP contribution in [0.3, 0.4) is 0 Å². The first-order valence-corrected chi connectivity index (χ1v) is 6.77. The van der Waals surface area contributed by atoms with Crippen molar-refractivity contribution < 1.29 is 9.53 Å².